The van der Waals surface area contributed by atoms with Crippen LogP contribution in [0.2, 0.25) is 0 Å². The van der Waals surface area contributed by atoms with Crippen LogP contribution in [-0.2, 0) is 22.8 Å². The number of benzene rings is 1. The van der Waals surface area contributed by atoms with E-state index in [1.165, 1.54) is 16.8 Å². The van der Waals surface area contributed by atoms with Crippen LogP contribution in [-0.4, -0.2) is 84.2 Å². The van der Waals surface area contributed by atoms with E-state index in [-0.39, 0.29) is 48.0 Å². The van der Waals surface area contributed by atoms with E-state index in [1.807, 2.05) is 36.1 Å². The molecule has 14 nitrogen and oxygen atoms in total. The molecule has 17 heteroatoms. The molecule has 2 N–H and O–H groups in total. The summed E-state index contributed by atoms with van der Waals surface area (Å²) in [6.07, 6.45) is 3.32. The summed E-state index contributed by atoms with van der Waals surface area (Å²) in [5.74, 6) is -0.809. The smallest absolute Gasteiger partial charge is 0.367 e. The highest BCUT2D eigenvalue weighted by molar-refractivity contribution is 6.03. The number of halogens is 3. The second-order valence-corrected chi connectivity index (χ2v) is 14.6. The largest absolute Gasteiger partial charge is 0.433 e. The van der Waals surface area contributed by atoms with Crippen molar-refractivity contribution in [2.45, 2.75) is 62.8 Å². The number of imidazole rings is 1. The van der Waals surface area contributed by atoms with E-state index in [0.717, 1.165) is 74.0 Å². The van der Waals surface area contributed by atoms with Crippen molar-refractivity contribution in [1.82, 2.24) is 39.1 Å². The molecule has 1 aliphatic carbocycles. The van der Waals surface area contributed by atoms with Crippen LogP contribution >= 0.6 is 0 Å². The number of anilines is 2. The zero-order chi connectivity index (χ0) is 37.9. The maximum absolute atomic E-state index is 13.4. The second-order valence-electron chi connectivity index (χ2n) is 14.6. The van der Waals surface area contributed by atoms with Crippen molar-refractivity contribution >= 4 is 51.2 Å². The zero-order valence-electron chi connectivity index (χ0n) is 29.7. The molecule has 54 heavy (non-hydrogen) atoms. The van der Waals surface area contributed by atoms with Crippen LogP contribution in [0.3, 0.4) is 0 Å². The molecule has 3 fully saturated rings. The van der Waals surface area contributed by atoms with Gasteiger partial charge in [0.25, 0.3) is 5.91 Å². The summed E-state index contributed by atoms with van der Waals surface area (Å²) < 4.78 is 44.2. The Morgan fingerprint density at radius 2 is 1.80 bits per heavy atom. The minimum Gasteiger partial charge on any atom is -0.367 e. The molecule has 4 aromatic heterocycles. The molecule has 6 heterocycles. The molecule has 5 aromatic rings. The van der Waals surface area contributed by atoms with Crippen molar-refractivity contribution in [2.24, 2.45) is 13.0 Å². The third-order valence-electron chi connectivity index (χ3n) is 11.1. The Balaban J connectivity index is 0.853. The number of hydrogen-bond acceptors (Lipinski definition) is 9. The van der Waals surface area contributed by atoms with Gasteiger partial charge in [-0.25, -0.2) is 14.8 Å². The zero-order valence-corrected chi connectivity index (χ0v) is 29.7. The SMILES string of the molecule is CN(c1cccc2c1n(C)c(=O)n2C1CCC(=O)NC1=O)C1CN(C[C@H]2CC[C@H](n3cc4cc(NC(=O)c5cccc(C(F)(F)F)n5)ncc4n3)CC2)C1. The minimum absolute atomic E-state index is 0.192. The molecule has 2 aliphatic heterocycles. The van der Waals surface area contributed by atoms with Crippen LogP contribution in [0.15, 0.2) is 59.7 Å². The number of pyridine rings is 2. The van der Waals surface area contributed by atoms with Crippen LogP contribution in [0.1, 0.15) is 66.8 Å². The number of aryl methyl sites for hydroxylation is 1. The minimum atomic E-state index is -4.66. The number of alkyl halides is 3. The van der Waals surface area contributed by atoms with Gasteiger partial charge in [-0.1, -0.05) is 12.1 Å². The standard InChI is InChI=1S/C37H39F3N10O4/c1-46(27-6-4-7-28-33(27)47(2)36(54)50(28)29-13-14-32(51)44-35(29)53)24-19-48(20-24)17-21-9-11-23(12-10-21)49-18-22-15-31(41-16-26(22)45-49)43-34(52)25-5-3-8-30(42-25)37(38,39)40/h3-8,15-16,18,21,23-24,29H,9-14,17,19-20H2,1-2H3,(H,43,52)(H,44,51,53)/t21-,23-,29?. The number of imide groups is 1. The molecule has 0 bridgehead atoms. The van der Waals surface area contributed by atoms with E-state index in [2.05, 4.69) is 30.4 Å². The van der Waals surface area contributed by atoms with Gasteiger partial charge in [0.05, 0.1) is 35.0 Å². The third-order valence-corrected chi connectivity index (χ3v) is 11.1. The predicted molar refractivity (Wildman–Crippen MR) is 193 cm³/mol. The van der Waals surface area contributed by atoms with E-state index >= 15 is 0 Å². The molecule has 0 radical (unpaired) electrons. The van der Waals surface area contributed by atoms with Gasteiger partial charge in [0, 0.05) is 51.7 Å². The number of rotatable bonds is 8. The van der Waals surface area contributed by atoms with Crippen LogP contribution in [0, 0.1) is 5.92 Å². The number of nitrogens with zero attached hydrogens (tertiary/aromatic N) is 8. The Bertz CT molecular complexity index is 2340. The quantitative estimate of drug-likeness (QED) is 0.222. The Morgan fingerprint density at radius 1 is 1.04 bits per heavy atom. The number of nitrogens with one attached hydrogen (secondary N) is 2. The molecule has 8 rings (SSSR count). The van der Waals surface area contributed by atoms with Crippen molar-refractivity contribution in [3.8, 4) is 0 Å². The average Bonchev–Trinajstić information content (AvgIpc) is 3.67. The molecule has 1 unspecified atom stereocenters. The molecule has 3 aliphatic rings. The van der Waals surface area contributed by atoms with Gasteiger partial charge in [-0.3, -0.25) is 38.4 Å². The van der Waals surface area contributed by atoms with E-state index in [9.17, 15) is 32.3 Å². The number of amides is 3. The maximum atomic E-state index is 13.4. The van der Waals surface area contributed by atoms with Gasteiger partial charge in [-0.15, -0.1) is 0 Å². The predicted octanol–water partition coefficient (Wildman–Crippen LogP) is 4.28. The van der Waals surface area contributed by atoms with Gasteiger partial charge < -0.3 is 10.2 Å². The Labute approximate surface area is 306 Å². The van der Waals surface area contributed by atoms with Crippen molar-refractivity contribution in [3.63, 3.8) is 0 Å². The number of aromatic nitrogens is 6. The maximum Gasteiger partial charge on any atom is 0.433 e. The summed E-state index contributed by atoms with van der Waals surface area (Å²) in [7, 11) is 3.77. The summed E-state index contributed by atoms with van der Waals surface area (Å²) >= 11 is 0. The number of likely N-dealkylation sites (tertiary alicyclic amines) is 1. The molecule has 1 saturated carbocycles. The fourth-order valence-corrected chi connectivity index (χ4v) is 8.12. The average molecular weight is 745 g/mol. The third kappa shape index (κ3) is 6.60. The summed E-state index contributed by atoms with van der Waals surface area (Å²) in [5.41, 5.74) is 1.24. The monoisotopic (exact) mass is 744 g/mol. The topological polar surface area (TPSA) is 152 Å². The van der Waals surface area contributed by atoms with Crippen molar-refractivity contribution < 1.29 is 27.6 Å². The molecule has 282 valence electrons. The first-order valence-corrected chi connectivity index (χ1v) is 18.0. The van der Waals surface area contributed by atoms with Crippen LogP contribution in [0.25, 0.3) is 21.9 Å². The number of carbonyl (C=O) groups excluding carboxylic acids is 3. The molecule has 1 atom stereocenters. The number of fused-ring (bicyclic) bond motifs is 2. The Hall–Kier alpha value is -5.58. The molecule has 2 saturated heterocycles. The van der Waals surface area contributed by atoms with Gasteiger partial charge in [-0.05, 0) is 68.4 Å². The fourth-order valence-electron chi connectivity index (χ4n) is 8.12. The van der Waals surface area contributed by atoms with E-state index in [1.54, 1.807) is 17.7 Å². The van der Waals surface area contributed by atoms with Crippen molar-refractivity contribution in [1.29, 1.82) is 0 Å². The number of para-hydroxylation sites is 1. The van der Waals surface area contributed by atoms with E-state index in [4.69, 9.17) is 5.10 Å². The van der Waals surface area contributed by atoms with Gasteiger partial charge >= 0.3 is 11.9 Å². The molecular formula is C37H39F3N10O4. The lowest BCUT2D eigenvalue weighted by Crippen LogP contribution is -2.59. The highest BCUT2D eigenvalue weighted by Gasteiger charge is 2.36. The number of piperidine rings is 1. The Morgan fingerprint density at radius 3 is 2.54 bits per heavy atom. The highest BCUT2D eigenvalue weighted by Crippen LogP contribution is 2.36. The lowest BCUT2D eigenvalue weighted by molar-refractivity contribution is -0.141. The van der Waals surface area contributed by atoms with Crippen molar-refractivity contribution in [2.75, 3.05) is 36.9 Å². The highest BCUT2D eigenvalue weighted by atomic mass is 19.4. The normalized spacial score (nSPS) is 21.3. The van der Waals surface area contributed by atoms with Crippen LogP contribution < -0.4 is 21.2 Å². The van der Waals surface area contributed by atoms with Gasteiger partial charge in [0.2, 0.25) is 11.8 Å². The van der Waals surface area contributed by atoms with E-state index < -0.39 is 29.7 Å². The van der Waals surface area contributed by atoms with Gasteiger partial charge in [-0.2, -0.15) is 18.3 Å². The van der Waals surface area contributed by atoms with E-state index in [0.29, 0.717) is 17.0 Å². The fraction of sp³-hybridized carbons (Fsp3) is 0.432. The second kappa shape index (κ2) is 13.7. The lowest BCUT2D eigenvalue weighted by Gasteiger charge is -2.47. The first-order chi connectivity index (χ1) is 25.8. The van der Waals surface area contributed by atoms with Gasteiger partial charge in [0.1, 0.15) is 28.8 Å². The van der Waals surface area contributed by atoms with Crippen LogP contribution in [0.5, 0.6) is 0 Å². The summed E-state index contributed by atoms with van der Waals surface area (Å²) in [5, 5.41) is 10.4. The summed E-state index contributed by atoms with van der Waals surface area (Å²) in [4.78, 5) is 62.8. The van der Waals surface area contributed by atoms with Crippen molar-refractivity contribution in [3.05, 3.63) is 76.7 Å². The molecule has 3 amide bonds. The summed E-state index contributed by atoms with van der Waals surface area (Å²) in [6.45, 7) is 2.80. The number of carbonyl (C=O) groups is 3. The first-order valence-electron chi connectivity index (χ1n) is 18.0. The first kappa shape index (κ1) is 35.4. The van der Waals surface area contributed by atoms with Gasteiger partial charge in [0.15, 0.2) is 0 Å². The number of likely N-dealkylation sites (N-methyl/N-ethyl adjacent to an activating group) is 1. The molecule has 1 aromatic carbocycles. The Kier molecular flexibility index (Phi) is 8.98. The molecule has 0 spiro atoms. The molecular weight excluding hydrogens is 705 g/mol. The lowest BCUT2D eigenvalue weighted by atomic mass is 9.85. The summed E-state index contributed by atoms with van der Waals surface area (Å²) in [6, 6.07) is 10.3. The number of hydrogen-bond donors (Lipinski definition) is 2. The van der Waals surface area contributed by atoms with Crippen LogP contribution in [0.4, 0.5) is 24.7 Å².